The molecule has 0 spiro atoms. The van der Waals surface area contributed by atoms with Gasteiger partial charge in [0.15, 0.2) is 8.32 Å². The Morgan fingerprint density at radius 2 is 1.71 bits per heavy atom. The number of piperazine rings is 1. The van der Waals surface area contributed by atoms with Crippen LogP contribution < -0.4 is 4.90 Å². The number of aromatic nitrogens is 4. The number of hydrogen-bond acceptors (Lipinski definition) is 5. The van der Waals surface area contributed by atoms with Crippen LogP contribution in [-0.2, 0) is 11.5 Å². The average molecular weight is 493 g/mol. The predicted molar refractivity (Wildman–Crippen MR) is 143 cm³/mol. The zero-order chi connectivity index (χ0) is 24.5. The first-order valence-electron chi connectivity index (χ1n) is 13.3. The maximum atomic E-state index is 6.91. The number of aryl methyl sites for hydroxylation is 1. The molecule has 35 heavy (non-hydrogen) atoms. The van der Waals surface area contributed by atoms with Crippen LogP contribution >= 0.6 is 0 Å². The first-order chi connectivity index (χ1) is 16.6. The van der Waals surface area contributed by atoms with Gasteiger partial charge < -0.3 is 9.33 Å². The summed E-state index contributed by atoms with van der Waals surface area (Å²) in [5.41, 5.74) is 4.78. The van der Waals surface area contributed by atoms with E-state index in [2.05, 4.69) is 78.4 Å². The fourth-order valence-electron chi connectivity index (χ4n) is 6.15. The van der Waals surface area contributed by atoms with Gasteiger partial charge in [0.2, 0.25) is 0 Å². The van der Waals surface area contributed by atoms with Gasteiger partial charge in [-0.15, -0.1) is 0 Å². The van der Waals surface area contributed by atoms with Gasteiger partial charge in [-0.3, -0.25) is 9.58 Å². The molecule has 5 heterocycles. The van der Waals surface area contributed by atoms with Crippen LogP contribution in [0.1, 0.15) is 46.5 Å². The topological polar surface area (TPSA) is 50.8 Å². The van der Waals surface area contributed by atoms with Crippen LogP contribution in [0.4, 0.5) is 5.69 Å². The molecular formula is C27H40N6OSi. The molecule has 0 radical (unpaired) electrons. The van der Waals surface area contributed by atoms with Crippen molar-refractivity contribution < 1.29 is 4.43 Å². The van der Waals surface area contributed by atoms with Crippen LogP contribution in [0.3, 0.4) is 0 Å². The minimum Gasteiger partial charge on any atom is -0.412 e. The first-order valence-corrected chi connectivity index (χ1v) is 16.2. The second kappa shape index (κ2) is 8.18. The van der Waals surface area contributed by atoms with Crippen LogP contribution in [-0.4, -0.2) is 69.9 Å². The summed E-state index contributed by atoms with van der Waals surface area (Å²) >= 11 is 0. The minimum atomic E-state index is -1.74. The van der Waals surface area contributed by atoms with Crippen molar-refractivity contribution in [1.82, 2.24) is 24.3 Å². The highest BCUT2D eigenvalue weighted by Gasteiger charge is 2.51. The van der Waals surface area contributed by atoms with E-state index in [0.717, 1.165) is 18.7 Å². The quantitative estimate of drug-likeness (QED) is 0.472. The van der Waals surface area contributed by atoms with Gasteiger partial charge in [-0.05, 0) is 55.9 Å². The van der Waals surface area contributed by atoms with E-state index in [1.807, 2.05) is 28.6 Å². The molecule has 4 atom stereocenters. The Labute approximate surface area is 210 Å². The second-order valence-electron chi connectivity index (χ2n) is 12.5. The molecule has 2 bridgehead atoms. The van der Waals surface area contributed by atoms with E-state index >= 15 is 0 Å². The SMILES string of the molecule is Cn1cc(-c2cc3c(N4CC5CCC(C4)N5C4CCC4O[Si](C)(C)C(C)(C)C)ccnn3c2)cn1. The smallest absolute Gasteiger partial charge is 0.192 e. The summed E-state index contributed by atoms with van der Waals surface area (Å²) in [6.45, 7) is 14.0. The molecule has 4 unspecified atom stereocenters. The van der Waals surface area contributed by atoms with Crippen molar-refractivity contribution >= 4 is 19.5 Å². The molecule has 7 nitrogen and oxygen atoms in total. The fourth-order valence-corrected chi connectivity index (χ4v) is 7.54. The van der Waals surface area contributed by atoms with E-state index in [0.29, 0.717) is 24.2 Å². The van der Waals surface area contributed by atoms with Crippen LogP contribution in [0.15, 0.2) is 36.9 Å². The van der Waals surface area contributed by atoms with Gasteiger partial charge in [0.05, 0.1) is 23.5 Å². The normalized spacial score (nSPS) is 27.5. The summed E-state index contributed by atoms with van der Waals surface area (Å²) in [7, 11) is 0.220. The Kier molecular flexibility index (Phi) is 5.43. The van der Waals surface area contributed by atoms with Crippen molar-refractivity contribution in [3.8, 4) is 11.1 Å². The molecule has 3 aromatic rings. The third kappa shape index (κ3) is 3.94. The number of hydrogen-bond donors (Lipinski definition) is 0. The molecular weight excluding hydrogens is 452 g/mol. The van der Waals surface area contributed by atoms with Crippen molar-refractivity contribution in [2.24, 2.45) is 7.05 Å². The van der Waals surface area contributed by atoms with Crippen LogP contribution in [0, 0.1) is 0 Å². The Balaban J connectivity index is 1.21. The highest BCUT2D eigenvalue weighted by molar-refractivity contribution is 6.74. The molecule has 6 rings (SSSR count). The third-order valence-electron chi connectivity index (χ3n) is 9.22. The summed E-state index contributed by atoms with van der Waals surface area (Å²) in [6, 6.07) is 6.30. The summed E-state index contributed by atoms with van der Waals surface area (Å²) in [5, 5.41) is 9.23. The lowest BCUT2D eigenvalue weighted by molar-refractivity contribution is -0.0401. The third-order valence-corrected chi connectivity index (χ3v) is 13.7. The summed E-state index contributed by atoms with van der Waals surface area (Å²) in [5.74, 6) is 0. The molecule has 0 aromatic carbocycles. The maximum Gasteiger partial charge on any atom is 0.192 e. The molecule has 1 saturated carbocycles. The van der Waals surface area contributed by atoms with Gasteiger partial charge in [0.25, 0.3) is 0 Å². The molecule has 3 aromatic heterocycles. The molecule has 1 aliphatic carbocycles. The molecule has 3 fully saturated rings. The monoisotopic (exact) mass is 492 g/mol. The van der Waals surface area contributed by atoms with Crippen molar-refractivity contribution in [2.45, 2.75) is 88.8 Å². The summed E-state index contributed by atoms with van der Waals surface area (Å²) in [6.07, 6.45) is 13.6. The van der Waals surface area contributed by atoms with Crippen molar-refractivity contribution in [1.29, 1.82) is 0 Å². The Morgan fingerprint density at radius 1 is 0.971 bits per heavy atom. The van der Waals surface area contributed by atoms with E-state index in [1.165, 1.54) is 42.5 Å². The molecule has 0 N–H and O–H groups in total. The largest absolute Gasteiger partial charge is 0.412 e. The first kappa shape index (κ1) is 23.2. The Hall–Kier alpha value is -2.16. The molecule has 3 aliphatic rings. The van der Waals surface area contributed by atoms with Gasteiger partial charge in [-0.25, -0.2) is 4.52 Å². The van der Waals surface area contributed by atoms with E-state index in [4.69, 9.17) is 4.43 Å². The van der Waals surface area contributed by atoms with Gasteiger partial charge in [-0.1, -0.05) is 20.8 Å². The molecule has 2 aliphatic heterocycles. The highest BCUT2D eigenvalue weighted by Crippen LogP contribution is 2.45. The minimum absolute atomic E-state index is 0.267. The Bertz CT molecular complexity index is 1210. The highest BCUT2D eigenvalue weighted by atomic mass is 28.4. The van der Waals surface area contributed by atoms with E-state index < -0.39 is 8.32 Å². The standard InChI is InChI=1S/C27H40N6OSi/c1-27(2,3)35(5,6)34-26-10-9-24(26)33-21-7-8-22(33)18-31(17-21)23-11-12-28-32-16-19(13-25(23)32)20-14-29-30(4)15-20/h11-16,21-22,24,26H,7-10,17-18H2,1-6H3. The van der Waals surface area contributed by atoms with Crippen molar-refractivity contribution in [3.05, 3.63) is 36.9 Å². The van der Waals surface area contributed by atoms with Gasteiger partial charge in [0, 0.05) is 68.0 Å². The fraction of sp³-hybridized carbons (Fsp3) is 0.630. The lowest BCUT2D eigenvalue weighted by Gasteiger charge is -2.54. The average Bonchev–Trinajstić information content (AvgIpc) is 3.46. The van der Waals surface area contributed by atoms with Crippen LogP contribution in [0.5, 0.6) is 0 Å². The van der Waals surface area contributed by atoms with E-state index in [-0.39, 0.29) is 5.04 Å². The van der Waals surface area contributed by atoms with E-state index in [9.17, 15) is 0 Å². The number of nitrogens with zero attached hydrogens (tertiary/aromatic N) is 6. The zero-order valence-electron chi connectivity index (χ0n) is 22.1. The van der Waals surface area contributed by atoms with Crippen LogP contribution in [0.25, 0.3) is 16.6 Å². The molecule has 8 heteroatoms. The lowest BCUT2D eigenvalue weighted by atomic mass is 9.86. The number of rotatable bonds is 5. The predicted octanol–water partition coefficient (Wildman–Crippen LogP) is 4.94. The summed E-state index contributed by atoms with van der Waals surface area (Å²) in [4.78, 5) is 5.49. The van der Waals surface area contributed by atoms with Gasteiger partial charge in [-0.2, -0.15) is 10.2 Å². The van der Waals surface area contributed by atoms with Gasteiger partial charge in [0.1, 0.15) is 0 Å². The van der Waals surface area contributed by atoms with Crippen LogP contribution in [0.2, 0.25) is 18.1 Å². The molecule has 0 amide bonds. The zero-order valence-corrected chi connectivity index (χ0v) is 23.1. The molecule has 188 valence electrons. The second-order valence-corrected chi connectivity index (χ2v) is 17.2. The molecule has 2 saturated heterocycles. The van der Waals surface area contributed by atoms with Crippen molar-refractivity contribution in [2.75, 3.05) is 18.0 Å². The number of anilines is 1. The lowest BCUT2D eigenvalue weighted by Crippen LogP contribution is -2.64. The Morgan fingerprint density at radius 3 is 2.31 bits per heavy atom. The van der Waals surface area contributed by atoms with Gasteiger partial charge >= 0.3 is 0 Å². The summed E-state index contributed by atoms with van der Waals surface area (Å²) < 4.78 is 10.8. The van der Waals surface area contributed by atoms with Crippen molar-refractivity contribution in [3.63, 3.8) is 0 Å². The number of fused-ring (bicyclic) bond motifs is 3. The van der Waals surface area contributed by atoms with E-state index in [1.54, 1.807) is 0 Å². The maximum absolute atomic E-state index is 6.91.